The zero-order chi connectivity index (χ0) is 14.5. The molecule has 1 fully saturated rings. The Morgan fingerprint density at radius 1 is 1.20 bits per heavy atom. The van der Waals surface area contributed by atoms with Crippen molar-refractivity contribution in [1.29, 1.82) is 0 Å². The third-order valence-electron chi connectivity index (χ3n) is 4.16. The molecule has 1 aromatic rings. The van der Waals surface area contributed by atoms with Crippen LogP contribution in [0.3, 0.4) is 0 Å². The Morgan fingerprint density at radius 2 is 1.80 bits per heavy atom. The molecule has 4 heteroatoms. The van der Waals surface area contributed by atoms with Crippen molar-refractivity contribution in [3.05, 3.63) is 35.4 Å². The van der Waals surface area contributed by atoms with E-state index >= 15 is 0 Å². The number of rotatable bonds is 5. The zero-order valence-electron chi connectivity index (χ0n) is 12.4. The molecule has 1 aliphatic heterocycles. The molecule has 1 aromatic carbocycles. The second kappa shape index (κ2) is 6.86. The van der Waals surface area contributed by atoms with Crippen LogP contribution >= 0.6 is 0 Å². The molecule has 0 spiro atoms. The maximum atomic E-state index is 10.6. The van der Waals surface area contributed by atoms with Crippen LogP contribution in [0.1, 0.15) is 30.5 Å². The van der Waals surface area contributed by atoms with Gasteiger partial charge >= 0.3 is 5.97 Å². The molecule has 110 valence electrons. The summed E-state index contributed by atoms with van der Waals surface area (Å²) in [5, 5.41) is 8.72. The highest BCUT2D eigenvalue weighted by atomic mass is 16.4. The molecule has 1 aliphatic rings. The first-order valence-electron chi connectivity index (χ1n) is 7.31. The average Bonchev–Trinajstić information content (AvgIpc) is 2.46. The summed E-state index contributed by atoms with van der Waals surface area (Å²) in [4.78, 5) is 15.3. The van der Waals surface area contributed by atoms with Crippen LogP contribution in [0.2, 0.25) is 0 Å². The van der Waals surface area contributed by atoms with Gasteiger partial charge < -0.3 is 10.0 Å². The summed E-state index contributed by atoms with van der Waals surface area (Å²) >= 11 is 0. The summed E-state index contributed by atoms with van der Waals surface area (Å²) in [6.07, 6.45) is 0.244. The van der Waals surface area contributed by atoms with Crippen molar-refractivity contribution in [1.82, 2.24) is 9.80 Å². The maximum Gasteiger partial charge on any atom is 0.304 e. The smallest absolute Gasteiger partial charge is 0.304 e. The molecule has 1 atom stereocenters. The standard InChI is InChI=1S/C16H24N2O2/c1-13-3-5-15(6-4-13)14(2)18-11-9-17(10-12-18)8-7-16(19)20/h3-6,14H,7-12H2,1-2H3,(H,19,20). The average molecular weight is 276 g/mol. The summed E-state index contributed by atoms with van der Waals surface area (Å²) in [7, 11) is 0. The van der Waals surface area contributed by atoms with Crippen molar-refractivity contribution in [2.75, 3.05) is 32.7 Å². The van der Waals surface area contributed by atoms with Gasteiger partial charge in [-0.05, 0) is 19.4 Å². The van der Waals surface area contributed by atoms with Gasteiger partial charge in [-0.25, -0.2) is 0 Å². The Hall–Kier alpha value is -1.39. The lowest BCUT2D eigenvalue weighted by Gasteiger charge is -2.38. The van der Waals surface area contributed by atoms with Gasteiger partial charge in [-0.15, -0.1) is 0 Å². The number of hydrogen-bond acceptors (Lipinski definition) is 3. The molecule has 1 N–H and O–H groups in total. The van der Waals surface area contributed by atoms with E-state index in [1.165, 1.54) is 11.1 Å². The van der Waals surface area contributed by atoms with Crippen LogP contribution in [0.5, 0.6) is 0 Å². The number of aryl methyl sites for hydroxylation is 1. The molecule has 1 heterocycles. The molecule has 0 radical (unpaired) electrons. The normalized spacial score (nSPS) is 18.9. The van der Waals surface area contributed by atoms with Gasteiger partial charge in [-0.2, -0.15) is 0 Å². The number of carboxylic acids is 1. The Morgan fingerprint density at radius 3 is 2.35 bits per heavy atom. The third kappa shape index (κ3) is 4.05. The molecular weight excluding hydrogens is 252 g/mol. The van der Waals surface area contributed by atoms with Crippen LogP contribution in [0.4, 0.5) is 0 Å². The summed E-state index contributed by atoms with van der Waals surface area (Å²) in [5.41, 5.74) is 2.65. The summed E-state index contributed by atoms with van der Waals surface area (Å²) in [5.74, 6) is -0.708. The van der Waals surface area contributed by atoms with Crippen molar-refractivity contribution in [2.45, 2.75) is 26.3 Å². The van der Waals surface area contributed by atoms with Gasteiger partial charge in [0.1, 0.15) is 0 Å². The molecule has 0 bridgehead atoms. The highest BCUT2D eigenvalue weighted by molar-refractivity contribution is 5.66. The van der Waals surface area contributed by atoms with E-state index in [1.54, 1.807) is 0 Å². The van der Waals surface area contributed by atoms with E-state index in [9.17, 15) is 4.79 Å². The van der Waals surface area contributed by atoms with Crippen LogP contribution in [0.25, 0.3) is 0 Å². The molecule has 0 aromatic heterocycles. The van der Waals surface area contributed by atoms with Gasteiger partial charge in [-0.1, -0.05) is 29.8 Å². The van der Waals surface area contributed by atoms with Gasteiger partial charge in [0.25, 0.3) is 0 Å². The van der Waals surface area contributed by atoms with Gasteiger partial charge in [0.15, 0.2) is 0 Å². The van der Waals surface area contributed by atoms with Crippen molar-refractivity contribution >= 4 is 5.97 Å². The number of hydrogen-bond donors (Lipinski definition) is 1. The number of piperazine rings is 1. The van der Waals surface area contributed by atoms with Gasteiger partial charge in [-0.3, -0.25) is 9.69 Å². The molecule has 1 unspecified atom stereocenters. The predicted octanol–water partition coefficient (Wildman–Crippen LogP) is 2.15. The first kappa shape index (κ1) is 15.0. The summed E-state index contributed by atoms with van der Waals surface area (Å²) in [6, 6.07) is 9.16. The molecule has 0 aliphatic carbocycles. The molecule has 1 saturated heterocycles. The van der Waals surface area contributed by atoms with Crippen LogP contribution in [0.15, 0.2) is 24.3 Å². The fourth-order valence-corrected chi connectivity index (χ4v) is 2.68. The first-order chi connectivity index (χ1) is 9.56. The lowest BCUT2D eigenvalue weighted by atomic mass is 10.0. The fraction of sp³-hybridized carbons (Fsp3) is 0.562. The number of benzene rings is 1. The topological polar surface area (TPSA) is 43.8 Å². The highest BCUT2D eigenvalue weighted by Gasteiger charge is 2.22. The van der Waals surface area contributed by atoms with E-state index in [0.29, 0.717) is 12.6 Å². The van der Waals surface area contributed by atoms with Crippen LogP contribution in [-0.2, 0) is 4.79 Å². The Kier molecular flexibility index (Phi) is 5.15. The van der Waals surface area contributed by atoms with Gasteiger partial charge in [0, 0.05) is 38.8 Å². The largest absolute Gasteiger partial charge is 0.481 e. The number of nitrogens with zero attached hydrogens (tertiary/aromatic N) is 2. The van der Waals surface area contributed by atoms with E-state index in [-0.39, 0.29) is 6.42 Å². The Balaban J connectivity index is 1.83. The molecule has 4 nitrogen and oxygen atoms in total. The Bertz CT molecular complexity index is 436. The van der Waals surface area contributed by atoms with Gasteiger partial charge in [0.05, 0.1) is 6.42 Å². The number of carboxylic acid groups (broad SMARTS) is 1. The first-order valence-corrected chi connectivity index (χ1v) is 7.31. The quantitative estimate of drug-likeness (QED) is 0.895. The van der Waals surface area contributed by atoms with E-state index in [1.807, 2.05) is 0 Å². The van der Waals surface area contributed by atoms with Gasteiger partial charge in [0.2, 0.25) is 0 Å². The SMILES string of the molecule is Cc1ccc(C(C)N2CCN(CCC(=O)O)CC2)cc1. The Labute approximate surface area is 121 Å². The van der Waals surface area contributed by atoms with Crippen molar-refractivity contribution < 1.29 is 9.90 Å². The molecular formula is C16H24N2O2. The molecule has 0 saturated carbocycles. The summed E-state index contributed by atoms with van der Waals surface area (Å²) in [6.45, 7) is 8.96. The highest BCUT2D eigenvalue weighted by Crippen LogP contribution is 2.21. The third-order valence-corrected chi connectivity index (χ3v) is 4.16. The number of carbonyl (C=O) groups is 1. The zero-order valence-corrected chi connectivity index (χ0v) is 12.4. The van der Waals surface area contributed by atoms with E-state index in [4.69, 9.17) is 5.11 Å². The van der Waals surface area contributed by atoms with Crippen LogP contribution in [-0.4, -0.2) is 53.6 Å². The lowest BCUT2D eigenvalue weighted by Crippen LogP contribution is -2.47. The second-order valence-electron chi connectivity index (χ2n) is 5.61. The minimum Gasteiger partial charge on any atom is -0.481 e. The monoisotopic (exact) mass is 276 g/mol. The van der Waals surface area contributed by atoms with E-state index in [2.05, 4.69) is 47.9 Å². The van der Waals surface area contributed by atoms with Crippen molar-refractivity contribution in [2.24, 2.45) is 0 Å². The van der Waals surface area contributed by atoms with Crippen molar-refractivity contribution in [3.63, 3.8) is 0 Å². The molecule has 0 amide bonds. The lowest BCUT2D eigenvalue weighted by molar-refractivity contribution is -0.137. The summed E-state index contributed by atoms with van der Waals surface area (Å²) < 4.78 is 0. The maximum absolute atomic E-state index is 10.6. The predicted molar refractivity (Wildman–Crippen MR) is 79.9 cm³/mol. The fourth-order valence-electron chi connectivity index (χ4n) is 2.68. The molecule has 2 rings (SSSR count). The van der Waals surface area contributed by atoms with Crippen molar-refractivity contribution in [3.8, 4) is 0 Å². The van der Waals surface area contributed by atoms with E-state index in [0.717, 1.165) is 26.2 Å². The number of aliphatic carboxylic acids is 1. The van der Waals surface area contributed by atoms with Crippen LogP contribution < -0.4 is 0 Å². The minimum atomic E-state index is -0.708. The molecule has 20 heavy (non-hydrogen) atoms. The minimum absolute atomic E-state index is 0.244. The van der Waals surface area contributed by atoms with E-state index < -0.39 is 5.97 Å². The van der Waals surface area contributed by atoms with Crippen LogP contribution in [0, 0.1) is 6.92 Å². The second-order valence-corrected chi connectivity index (χ2v) is 5.61.